The largest absolute Gasteiger partial charge is 0.394 e. The molecule has 1 aromatic carbocycles. The molecule has 1 saturated heterocycles. The van der Waals surface area contributed by atoms with E-state index in [0.29, 0.717) is 24.5 Å². The van der Waals surface area contributed by atoms with Gasteiger partial charge in [-0.1, -0.05) is 15.9 Å². The number of carbonyl (C=O) groups excluding carboxylic acids is 1. The van der Waals surface area contributed by atoms with Crippen molar-refractivity contribution in [3.8, 4) is 0 Å². The van der Waals surface area contributed by atoms with Gasteiger partial charge in [0.25, 0.3) is 5.91 Å². The van der Waals surface area contributed by atoms with E-state index in [1.807, 2.05) is 24.3 Å². The highest BCUT2D eigenvalue weighted by Crippen LogP contribution is 2.24. The van der Waals surface area contributed by atoms with Crippen LogP contribution in [0.4, 0.5) is 11.5 Å². The lowest BCUT2D eigenvalue weighted by Gasteiger charge is -2.34. The van der Waals surface area contributed by atoms with Crippen LogP contribution in [-0.4, -0.2) is 48.4 Å². The summed E-state index contributed by atoms with van der Waals surface area (Å²) in [6.45, 7) is 1.84. The number of rotatable bonds is 6. The van der Waals surface area contributed by atoms with Crippen LogP contribution < -0.4 is 10.2 Å². The number of ether oxygens (including phenoxy) is 1. The van der Waals surface area contributed by atoms with Crippen molar-refractivity contribution >= 4 is 33.3 Å². The fraction of sp³-hybridized carbons (Fsp3) is 0.368. The van der Waals surface area contributed by atoms with Gasteiger partial charge < -0.3 is 20.1 Å². The maximum atomic E-state index is 12.8. The number of aromatic nitrogens is 1. The lowest BCUT2D eigenvalue weighted by atomic mass is 10.1. The lowest BCUT2D eigenvalue weighted by Crippen LogP contribution is -2.41. The first-order valence-corrected chi connectivity index (χ1v) is 9.46. The van der Waals surface area contributed by atoms with Gasteiger partial charge in [0, 0.05) is 29.4 Å². The minimum atomic E-state index is -0.186. The van der Waals surface area contributed by atoms with Crippen molar-refractivity contribution in [3.05, 3.63) is 52.6 Å². The van der Waals surface area contributed by atoms with Gasteiger partial charge in [0.15, 0.2) is 0 Å². The number of aliphatic hydroxyl groups is 1. The van der Waals surface area contributed by atoms with E-state index in [4.69, 9.17) is 9.84 Å². The molecule has 1 amide bonds. The fourth-order valence-corrected chi connectivity index (χ4v) is 3.31. The topological polar surface area (TPSA) is 74.7 Å². The van der Waals surface area contributed by atoms with Crippen LogP contribution in [0.5, 0.6) is 0 Å². The Morgan fingerprint density at radius 1 is 1.35 bits per heavy atom. The van der Waals surface area contributed by atoms with E-state index in [1.54, 1.807) is 18.3 Å². The third-order valence-corrected chi connectivity index (χ3v) is 4.78. The maximum absolute atomic E-state index is 12.8. The van der Waals surface area contributed by atoms with E-state index in [2.05, 4.69) is 31.1 Å². The summed E-state index contributed by atoms with van der Waals surface area (Å²) >= 11 is 3.39. The van der Waals surface area contributed by atoms with Crippen molar-refractivity contribution in [1.82, 2.24) is 4.98 Å². The molecule has 1 unspecified atom stereocenters. The Morgan fingerprint density at radius 3 is 2.92 bits per heavy atom. The number of piperidine rings is 1. The molecule has 6 nitrogen and oxygen atoms in total. The fourth-order valence-electron chi connectivity index (χ4n) is 3.04. The maximum Gasteiger partial charge on any atom is 0.259 e. The molecule has 1 aromatic heterocycles. The normalized spacial score (nSPS) is 17.2. The molecule has 2 heterocycles. The minimum absolute atomic E-state index is 0.0148. The molecule has 1 aliphatic heterocycles. The molecule has 1 aliphatic rings. The van der Waals surface area contributed by atoms with Crippen LogP contribution in [-0.2, 0) is 4.74 Å². The summed E-state index contributed by atoms with van der Waals surface area (Å²) in [4.78, 5) is 19.3. The molecule has 1 atom stereocenters. The highest BCUT2D eigenvalue weighted by atomic mass is 79.9. The third-order valence-electron chi connectivity index (χ3n) is 4.26. The molecule has 138 valence electrons. The van der Waals surface area contributed by atoms with E-state index < -0.39 is 0 Å². The number of pyridine rings is 1. The van der Waals surface area contributed by atoms with Crippen molar-refractivity contribution in [3.63, 3.8) is 0 Å². The molecular weight excluding hydrogens is 398 g/mol. The monoisotopic (exact) mass is 419 g/mol. The molecule has 0 aliphatic carbocycles. The predicted octanol–water partition coefficient (Wildman–Crippen LogP) is 3.07. The average Bonchev–Trinajstić information content (AvgIpc) is 2.68. The number of nitrogens with one attached hydrogen (secondary N) is 1. The zero-order valence-corrected chi connectivity index (χ0v) is 16.0. The second kappa shape index (κ2) is 9.12. The predicted molar refractivity (Wildman–Crippen MR) is 105 cm³/mol. The molecule has 2 N–H and O–H groups in total. The Bertz CT molecular complexity index is 739. The van der Waals surface area contributed by atoms with Crippen LogP contribution in [0, 0.1) is 0 Å². The zero-order chi connectivity index (χ0) is 18.4. The van der Waals surface area contributed by atoms with Gasteiger partial charge in [-0.25, -0.2) is 4.98 Å². The van der Waals surface area contributed by atoms with E-state index >= 15 is 0 Å². The minimum Gasteiger partial charge on any atom is -0.394 e. The Morgan fingerprint density at radius 2 is 2.15 bits per heavy atom. The quantitative estimate of drug-likeness (QED) is 0.752. The van der Waals surface area contributed by atoms with Crippen LogP contribution in [0.2, 0.25) is 0 Å². The Hall–Kier alpha value is -1.96. The highest BCUT2D eigenvalue weighted by Gasteiger charge is 2.25. The van der Waals surface area contributed by atoms with Crippen molar-refractivity contribution in [1.29, 1.82) is 0 Å². The molecule has 3 rings (SSSR count). The first-order valence-electron chi connectivity index (χ1n) is 8.66. The van der Waals surface area contributed by atoms with Crippen LogP contribution in [0.1, 0.15) is 23.2 Å². The second-order valence-corrected chi connectivity index (χ2v) is 7.06. The van der Waals surface area contributed by atoms with E-state index in [-0.39, 0.29) is 18.6 Å². The molecule has 0 bridgehead atoms. The number of amides is 1. The molecule has 0 spiro atoms. The van der Waals surface area contributed by atoms with Crippen molar-refractivity contribution in [2.45, 2.75) is 18.9 Å². The summed E-state index contributed by atoms with van der Waals surface area (Å²) in [5, 5.41) is 11.9. The molecule has 1 fully saturated rings. The van der Waals surface area contributed by atoms with E-state index in [9.17, 15) is 4.79 Å². The van der Waals surface area contributed by atoms with Crippen molar-refractivity contribution < 1.29 is 14.6 Å². The highest BCUT2D eigenvalue weighted by molar-refractivity contribution is 9.10. The molecule has 26 heavy (non-hydrogen) atoms. The summed E-state index contributed by atoms with van der Waals surface area (Å²) in [6.07, 6.45) is 3.65. The first-order chi connectivity index (χ1) is 12.7. The first kappa shape index (κ1) is 18.8. The van der Waals surface area contributed by atoms with Crippen LogP contribution in [0.15, 0.2) is 47.1 Å². The number of halogens is 1. The van der Waals surface area contributed by atoms with E-state index in [0.717, 1.165) is 29.5 Å². The third kappa shape index (κ3) is 4.81. The molecular formula is C19H22BrN3O3. The zero-order valence-electron chi connectivity index (χ0n) is 14.4. The van der Waals surface area contributed by atoms with Gasteiger partial charge >= 0.3 is 0 Å². The number of carbonyl (C=O) groups is 1. The van der Waals surface area contributed by atoms with Gasteiger partial charge in [0.05, 0.1) is 24.9 Å². The Balaban J connectivity index is 1.74. The smallest absolute Gasteiger partial charge is 0.259 e. The Labute approximate surface area is 161 Å². The van der Waals surface area contributed by atoms with E-state index in [1.165, 1.54) is 0 Å². The number of benzene rings is 1. The van der Waals surface area contributed by atoms with Crippen molar-refractivity contribution in [2.24, 2.45) is 0 Å². The van der Waals surface area contributed by atoms with Gasteiger partial charge in [-0.05, 0) is 49.2 Å². The Kier molecular flexibility index (Phi) is 6.60. The van der Waals surface area contributed by atoms with Crippen LogP contribution in [0.3, 0.4) is 0 Å². The van der Waals surface area contributed by atoms with Crippen LogP contribution >= 0.6 is 15.9 Å². The molecule has 2 aromatic rings. The van der Waals surface area contributed by atoms with Crippen LogP contribution in [0.25, 0.3) is 0 Å². The van der Waals surface area contributed by atoms with Crippen molar-refractivity contribution in [2.75, 3.05) is 36.5 Å². The number of anilines is 2. The van der Waals surface area contributed by atoms with Gasteiger partial charge in [-0.2, -0.15) is 0 Å². The lowest BCUT2D eigenvalue weighted by molar-refractivity contribution is 0.0213. The SMILES string of the molecule is O=C(Nc1ccc(Br)cc1)c1cccnc1N1CCCC(OCCO)C1. The molecule has 0 radical (unpaired) electrons. The average molecular weight is 420 g/mol. The second-order valence-electron chi connectivity index (χ2n) is 6.14. The summed E-state index contributed by atoms with van der Waals surface area (Å²) in [6, 6.07) is 11.0. The summed E-state index contributed by atoms with van der Waals surface area (Å²) in [5.74, 6) is 0.480. The van der Waals surface area contributed by atoms with Gasteiger partial charge in [0.1, 0.15) is 5.82 Å². The molecule has 0 saturated carbocycles. The van der Waals surface area contributed by atoms with Gasteiger partial charge in [-0.3, -0.25) is 4.79 Å². The number of hydrogen-bond donors (Lipinski definition) is 2. The summed E-state index contributed by atoms with van der Waals surface area (Å²) in [7, 11) is 0. The molecule has 7 heteroatoms. The van der Waals surface area contributed by atoms with Gasteiger partial charge in [0.2, 0.25) is 0 Å². The summed E-state index contributed by atoms with van der Waals surface area (Å²) < 4.78 is 6.62. The number of hydrogen-bond acceptors (Lipinski definition) is 5. The van der Waals surface area contributed by atoms with Gasteiger partial charge in [-0.15, -0.1) is 0 Å². The standard InChI is InChI=1S/C19H22BrN3O3/c20-14-5-7-15(8-6-14)22-19(25)17-4-1-9-21-18(17)23-10-2-3-16(13-23)26-12-11-24/h1,4-9,16,24H,2-3,10-13H2,(H,22,25). The summed E-state index contributed by atoms with van der Waals surface area (Å²) in [5.41, 5.74) is 1.27. The number of aliphatic hydroxyl groups excluding tert-OH is 1. The number of nitrogens with zero attached hydrogens (tertiary/aromatic N) is 2.